The molecular weight excluding hydrogens is 318 g/mol. The molecule has 0 saturated heterocycles. The molecule has 5 heteroatoms. The molecule has 0 aromatic heterocycles. The first-order valence-corrected chi connectivity index (χ1v) is 8.92. The van der Waals surface area contributed by atoms with Gasteiger partial charge in [-0.25, -0.2) is 0 Å². The number of hydrogen-bond acceptors (Lipinski definition) is 5. The lowest BCUT2D eigenvalue weighted by atomic mass is 9.79. The van der Waals surface area contributed by atoms with Crippen LogP contribution in [0.5, 0.6) is 23.0 Å². The largest absolute Gasteiger partial charge is 0.486 e. The summed E-state index contributed by atoms with van der Waals surface area (Å²) in [5.41, 5.74) is 5.42. The van der Waals surface area contributed by atoms with Crippen molar-refractivity contribution in [2.75, 3.05) is 33.0 Å². The maximum absolute atomic E-state index is 5.82. The van der Waals surface area contributed by atoms with Gasteiger partial charge in [0.2, 0.25) is 0 Å². The topological polar surface area (TPSA) is 40.2 Å². The molecule has 0 N–H and O–H groups in total. The van der Waals surface area contributed by atoms with Crippen LogP contribution in [0, 0.1) is 0 Å². The normalized spacial score (nSPS) is 25.0. The van der Waals surface area contributed by atoms with Crippen molar-refractivity contribution >= 4 is 0 Å². The first kappa shape index (κ1) is 13.8. The molecule has 0 atom stereocenters. The van der Waals surface area contributed by atoms with Gasteiger partial charge in [0.05, 0.1) is 0 Å². The lowest BCUT2D eigenvalue weighted by Gasteiger charge is -2.41. The van der Waals surface area contributed by atoms with Gasteiger partial charge in [0, 0.05) is 25.6 Å². The van der Waals surface area contributed by atoms with Crippen LogP contribution in [0.3, 0.4) is 0 Å². The minimum Gasteiger partial charge on any atom is -0.486 e. The lowest BCUT2D eigenvalue weighted by molar-refractivity contribution is 0.165. The van der Waals surface area contributed by atoms with E-state index in [0.29, 0.717) is 32.3 Å². The van der Waals surface area contributed by atoms with E-state index in [0.717, 1.165) is 42.6 Å². The van der Waals surface area contributed by atoms with Gasteiger partial charge in [0.1, 0.15) is 26.4 Å². The number of benzene rings is 2. The Labute approximate surface area is 146 Å². The van der Waals surface area contributed by atoms with Gasteiger partial charge in [0.25, 0.3) is 0 Å². The van der Waals surface area contributed by atoms with Crippen LogP contribution < -0.4 is 18.9 Å². The van der Waals surface area contributed by atoms with Gasteiger partial charge in [-0.1, -0.05) is 0 Å². The third-order valence-electron chi connectivity index (χ3n) is 5.59. The van der Waals surface area contributed by atoms with E-state index in [-0.39, 0.29) is 0 Å². The first-order valence-electron chi connectivity index (χ1n) is 8.92. The molecule has 0 amide bonds. The van der Waals surface area contributed by atoms with Crippen LogP contribution in [-0.2, 0) is 13.1 Å². The van der Waals surface area contributed by atoms with Crippen molar-refractivity contribution in [3.63, 3.8) is 0 Å². The maximum atomic E-state index is 5.82. The fourth-order valence-electron chi connectivity index (χ4n) is 4.51. The zero-order valence-corrected chi connectivity index (χ0v) is 13.9. The van der Waals surface area contributed by atoms with Gasteiger partial charge in [0.15, 0.2) is 23.0 Å². The summed E-state index contributed by atoms with van der Waals surface area (Å²) < 4.78 is 23.2. The Bertz CT molecular complexity index is 809. The van der Waals surface area contributed by atoms with Gasteiger partial charge in [-0.3, -0.25) is 4.90 Å². The second-order valence-electron chi connectivity index (χ2n) is 7.11. The standard InChI is InChI=1S/C20H19NO4/c1-3-24-19-7-14-12(5-17(19)22-1)9-21-10-13-6-18-20(25-4-2-23-18)8-15(13)16(14)11-21/h5-8,16H,1-4,9-11H2. The summed E-state index contributed by atoms with van der Waals surface area (Å²) in [7, 11) is 0. The van der Waals surface area contributed by atoms with Crippen molar-refractivity contribution in [3.05, 3.63) is 46.5 Å². The molecule has 0 aliphatic carbocycles. The summed E-state index contributed by atoms with van der Waals surface area (Å²) in [5.74, 6) is 3.87. The number of nitrogens with zero attached hydrogens (tertiary/aromatic N) is 1. The van der Waals surface area contributed by atoms with Crippen LogP contribution >= 0.6 is 0 Å². The van der Waals surface area contributed by atoms with E-state index in [1.165, 1.54) is 22.3 Å². The van der Waals surface area contributed by atoms with Crippen molar-refractivity contribution in [1.29, 1.82) is 0 Å². The molecule has 0 fully saturated rings. The average molecular weight is 337 g/mol. The molecule has 25 heavy (non-hydrogen) atoms. The van der Waals surface area contributed by atoms with Crippen LogP contribution in [-0.4, -0.2) is 37.9 Å². The van der Waals surface area contributed by atoms with Crippen molar-refractivity contribution in [3.8, 4) is 23.0 Å². The van der Waals surface area contributed by atoms with E-state index < -0.39 is 0 Å². The van der Waals surface area contributed by atoms with E-state index in [4.69, 9.17) is 18.9 Å². The Hall–Kier alpha value is -2.40. The molecule has 2 aromatic rings. The zero-order valence-electron chi connectivity index (χ0n) is 13.9. The van der Waals surface area contributed by atoms with Crippen LogP contribution in [0.15, 0.2) is 24.3 Å². The minimum absolute atomic E-state index is 0.346. The maximum Gasteiger partial charge on any atom is 0.161 e. The van der Waals surface area contributed by atoms with E-state index in [9.17, 15) is 0 Å². The summed E-state index contributed by atoms with van der Waals surface area (Å²) in [6, 6.07) is 8.73. The highest BCUT2D eigenvalue weighted by Crippen LogP contribution is 2.47. The van der Waals surface area contributed by atoms with E-state index in [2.05, 4.69) is 29.2 Å². The van der Waals surface area contributed by atoms with Crippen LogP contribution in [0.25, 0.3) is 0 Å². The summed E-state index contributed by atoms with van der Waals surface area (Å²) in [6.45, 7) is 5.46. The Balaban J connectivity index is 1.50. The monoisotopic (exact) mass is 337 g/mol. The molecule has 4 heterocycles. The molecule has 4 aliphatic rings. The summed E-state index contributed by atoms with van der Waals surface area (Å²) in [4.78, 5) is 2.50. The Morgan fingerprint density at radius 3 is 1.56 bits per heavy atom. The third-order valence-corrected chi connectivity index (χ3v) is 5.59. The van der Waals surface area contributed by atoms with Gasteiger partial charge in [-0.15, -0.1) is 0 Å². The molecule has 0 radical (unpaired) electrons. The molecule has 4 aliphatic heterocycles. The molecule has 2 bridgehead atoms. The molecule has 0 unspecified atom stereocenters. The van der Waals surface area contributed by atoms with Crippen molar-refractivity contribution in [2.24, 2.45) is 0 Å². The zero-order chi connectivity index (χ0) is 16.4. The van der Waals surface area contributed by atoms with E-state index >= 15 is 0 Å². The van der Waals surface area contributed by atoms with Crippen LogP contribution in [0.1, 0.15) is 28.2 Å². The summed E-state index contributed by atoms with van der Waals surface area (Å²) >= 11 is 0. The van der Waals surface area contributed by atoms with Crippen LogP contribution in [0.4, 0.5) is 0 Å². The molecular formula is C20H19NO4. The molecule has 2 aromatic carbocycles. The predicted octanol–water partition coefficient (Wildman–Crippen LogP) is 2.69. The second kappa shape index (κ2) is 5.05. The Kier molecular flexibility index (Phi) is 2.80. The number of hydrogen-bond donors (Lipinski definition) is 0. The quantitative estimate of drug-likeness (QED) is 0.739. The van der Waals surface area contributed by atoms with E-state index in [1.54, 1.807) is 0 Å². The van der Waals surface area contributed by atoms with Gasteiger partial charge in [-0.2, -0.15) is 0 Å². The van der Waals surface area contributed by atoms with Crippen molar-refractivity contribution in [2.45, 2.75) is 19.0 Å². The summed E-state index contributed by atoms with van der Waals surface area (Å²) in [5, 5.41) is 0. The fourth-order valence-corrected chi connectivity index (χ4v) is 4.51. The smallest absolute Gasteiger partial charge is 0.161 e. The second-order valence-corrected chi connectivity index (χ2v) is 7.11. The first-order chi connectivity index (χ1) is 12.3. The third kappa shape index (κ3) is 2.05. The van der Waals surface area contributed by atoms with E-state index in [1.807, 2.05) is 0 Å². The van der Waals surface area contributed by atoms with Crippen LogP contribution in [0.2, 0.25) is 0 Å². The number of rotatable bonds is 0. The Morgan fingerprint density at radius 1 is 0.640 bits per heavy atom. The van der Waals surface area contributed by atoms with Gasteiger partial charge in [-0.05, 0) is 46.5 Å². The average Bonchev–Trinajstić information content (AvgIpc) is 2.65. The highest BCUT2D eigenvalue weighted by Gasteiger charge is 2.35. The molecule has 128 valence electrons. The van der Waals surface area contributed by atoms with Gasteiger partial charge >= 0.3 is 0 Å². The highest BCUT2D eigenvalue weighted by atomic mass is 16.6. The number of fused-ring (bicyclic) bond motifs is 8. The predicted molar refractivity (Wildman–Crippen MR) is 90.8 cm³/mol. The molecule has 5 nitrogen and oxygen atoms in total. The molecule has 6 rings (SSSR count). The van der Waals surface area contributed by atoms with Crippen molar-refractivity contribution in [1.82, 2.24) is 4.90 Å². The lowest BCUT2D eigenvalue weighted by Crippen LogP contribution is -2.38. The highest BCUT2D eigenvalue weighted by molar-refractivity contribution is 5.57. The molecule has 0 spiro atoms. The summed E-state index contributed by atoms with van der Waals surface area (Å²) in [6.07, 6.45) is 0. The Morgan fingerprint density at radius 2 is 1.08 bits per heavy atom. The fraction of sp³-hybridized carbons (Fsp3) is 0.400. The molecule has 0 saturated carbocycles. The minimum atomic E-state index is 0.346. The van der Waals surface area contributed by atoms with Gasteiger partial charge < -0.3 is 18.9 Å². The SMILES string of the molecule is c1c2c(cc3c1OCCO3)C1CN(C2)Cc2cc3c(cc21)OCCO3. The van der Waals surface area contributed by atoms with Crippen molar-refractivity contribution < 1.29 is 18.9 Å². The number of ether oxygens (including phenoxy) is 4.